The van der Waals surface area contributed by atoms with Crippen molar-refractivity contribution in [1.29, 1.82) is 0 Å². The second kappa shape index (κ2) is 13.0. The van der Waals surface area contributed by atoms with Crippen LogP contribution >= 0.6 is 11.6 Å². The van der Waals surface area contributed by atoms with Gasteiger partial charge < -0.3 is 23.8 Å². The Morgan fingerprint density at radius 1 is 1.06 bits per heavy atom. The number of amides is 2. The Labute approximate surface area is 189 Å². The van der Waals surface area contributed by atoms with Gasteiger partial charge in [-0.15, -0.1) is 0 Å². The Hall–Kier alpha value is -2.51. The normalized spacial score (nSPS) is 10.7. The van der Waals surface area contributed by atoms with Crippen LogP contribution in [0, 0.1) is 0 Å². The van der Waals surface area contributed by atoms with Gasteiger partial charge in [-0.2, -0.15) is 0 Å². The molecule has 2 aromatic rings. The lowest BCUT2D eigenvalue weighted by Crippen LogP contribution is -2.45. The summed E-state index contributed by atoms with van der Waals surface area (Å²) in [5.41, 5.74) is 1.05. The lowest BCUT2D eigenvalue weighted by molar-refractivity contribution is -0.142. The molecule has 0 fully saturated rings. The van der Waals surface area contributed by atoms with Crippen molar-refractivity contribution in [3.63, 3.8) is 0 Å². The van der Waals surface area contributed by atoms with E-state index in [-0.39, 0.29) is 25.0 Å². The minimum absolute atomic E-state index is 0.0136. The van der Waals surface area contributed by atoms with Crippen molar-refractivity contribution in [3.05, 3.63) is 53.3 Å². The number of carbonyl (C=O) groups excluding carboxylic acids is 2. The summed E-state index contributed by atoms with van der Waals surface area (Å²) >= 11 is 5.88. The van der Waals surface area contributed by atoms with Crippen molar-refractivity contribution in [1.82, 2.24) is 14.4 Å². The van der Waals surface area contributed by atoms with Gasteiger partial charge in [0.25, 0.3) is 5.91 Å². The van der Waals surface area contributed by atoms with Crippen LogP contribution in [0.4, 0.5) is 0 Å². The van der Waals surface area contributed by atoms with E-state index in [1.807, 2.05) is 34.8 Å². The maximum absolute atomic E-state index is 13.1. The van der Waals surface area contributed by atoms with Crippen molar-refractivity contribution in [3.8, 4) is 5.75 Å². The number of carbonyl (C=O) groups is 2. The largest absolute Gasteiger partial charge is 0.484 e. The third kappa shape index (κ3) is 8.26. The molecule has 7 nitrogen and oxygen atoms in total. The fourth-order valence-corrected chi connectivity index (χ4v) is 3.15. The van der Waals surface area contributed by atoms with Crippen LogP contribution in [0.5, 0.6) is 5.75 Å². The number of nitrogens with zero attached hydrogens (tertiary/aromatic N) is 3. The van der Waals surface area contributed by atoms with E-state index < -0.39 is 0 Å². The van der Waals surface area contributed by atoms with E-state index in [9.17, 15) is 9.59 Å². The number of aryl methyl sites for hydroxylation is 1. The van der Waals surface area contributed by atoms with Crippen LogP contribution in [-0.4, -0.2) is 66.1 Å². The molecular formula is C23H32ClN3O4. The van der Waals surface area contributed by atoms with Crippen molar-refractivity contribution in [2.45, 2.75) is 26.3 Å². The Balaban J connectivity index is 2.02. The molecule has 2 rings (SSSR count). The lowest BCUT2D eigenvalue weighted by Gasteiger charge is -2.28. The maximum Gasteiger partial charge on any atom is 0.261 e. The number of ether oxygens (including phenoxy) is 2. The molecule has 0 aliphatic carbocycles. The molecule has 0 radical (unpaired) electrons. The lowest BCUT2D eigenvalue weighted by atomic mass is 10.2. The third-order valence-corrected chi connectivity index (χ3v) is 5.21. The van der Waals surface area contributed by atoms with Crippen LogP contribution in [0.1, 0.15) is 25.5 Å². The minimum atomic E-state index is -0.269. The van der Waals surface area contributed by atoms with E-state index in [2.05, 4.69) is 6.92 Å². The number of rotatable bonds is 13. The summed E-state index contributed by atoms with van der Waals surface area (Å²) in [5.74, 6) is 0.185. The summed E-state index contributed by atoms with van der Waals surface area (Å²) in [4.78, 5) is 29.2. The van der Waals surface area contributed by atoms with Gasteiger partial charge in [0.15, 0.2) is 6.61 Å². The third-order valence-electron chi connectivity index (χ3n) is 4.96. The Morgan fingerprint density at radius 2 is 1.81 bits per heavy atom. The van der Waals surface area contributed by atoms with Gasteiger partial charge in [0.1, 0.15) is 5.75 Å². The Kier molecular flexibility index (Phi) is 10.4. The zero-order chi connectivity index (χ0) is 22.6. The molecule has 0 aliphatic rings. The predicted molar refractivity (Wildman–Crippen MR) is 121 cm³/mol. The fourth-order valence-electron chi connectivity index (χ4n) is 3.02. The van der Waals surface area contributed by atoms with E-state index in [0.717, 1.165) is 18.5 Å². The Bertz CT molecular complexity index is 822. The minimum Gasteiger partial charge on any atom is -0.484 e. The average Bonchev–Trinajstić information content (AvgIpc) is 3.17. The number of benzene rings is 1. The average molecular weight is 450 g/mol. The van der Waals surface area contributed by atoms with Crippen LogP contribution in [0.2, 0.25) is 5.02 Å². The van der Waals surface area contributed by atoms with Gasteiger partial charge in [-0.25, -0.2) is 0 Å². The van der Waals surface area contributed by atoms with Crippen molar-refractivity contribution < 1.29 is 19.1 Å². The number of methoxy groups -OCH3 is 1. The van der Waals surface area contributed by atoms with E-state index in [0.29, 0.717) is 37.0 Å². The molecule has 170 valence electrons. The molecule has 31 heavy (non-hydrogen) atoms. The summed E-state index contributed by atoms with van der Waals surface area (Å²) in [6.45, 7) is 3.73. The number of hydrogen-bond acceptors (Lipinski definition) is 4. The maximum atomic E-state index is 13.1. The molecule has 1 aromatic carbocycles. The van der Waals surface area contributed by atoms with Gasteiger partial charge in [0, 0.05) is 44.2 Å². The van der Waals surface area contributed by atoms with Gasteiger partial charge in [-0.05, 0) is 42.8 Å². The van der Waals surface area contributed by atoms with E-state index in [1.54, 1.807) is 31.4 Å². The number of hydrogen-bond donors (Lipinski definition) is 0. The van der Waals surface area contributed by atoms with Crippen LogP contribution in [0.25, 0.3) is 0 Å². The van der Waals surface area contributed by atoms with Crippen molar-refractivity contribution in [2.75, 3.05) is 40.0 Å². The first-order chi connectivity index (χ1) is 14.9. The topological polar surface area (TPSA) is 64.0 Å². The van der Waals surface area contributed by atoms with Gasteiger partial charge in [0.2, 0.25) is 5.91 Å². The zero-order valence-electron chi connectivity index (χ0n) is 18.6. The molecule has 0 N–H and O–H groups in total. The first kappa shape index (κ1) is 24.8. The van der Waals surface area contributed by atoms with Crippen molar-refractivity contribution in [2.24, 2.45) is 7.05 Å². The molecule has 0 aliphatic heterocycles. The molecule has 1 heterocycles. The quantitative estimate of drug-likeness (QED) is 0.470. The number of aromatic nitrogens is 1. The molecule has 0 atom stereocenters. The standard InChI is InChI=1S/C23H32ClN3O4/c1-4-5-13-26(16-20-7-6-12-25(20)2)22(28)17-27(14-15-30-3)23(29)18-31-21-10-8-19(24)9-11-21/h6-12H,4-5,13-18H2,1-3H3. The highest BCUT2D eigenvalue weighted by Crippen LogP contribution is 2.15. The molecule has 0 saturated carbocycles. The van der Waals surface area contributed by atoms with E-state index >= 15 is 0 Å². The second-order valence-electron chi connectivity index (χ2n) is 7.33. The molecule has 0 saturated heterocycles. The van der Waals surface area contributed by atoms with Crippen LogP contribution in [0.3, 0.4) is 0 Å². The predicted octanol–water partition coefficient (Wildman–Crippen LogP) is 3.36. The molecule has 0 spiro atoms. The first-order valence-electron chi connectivity index (χ1n) is 10.5. The smallest absolute Gasteiger partial charge is 0.261 e. The van der Waals surface area contributed by atoms with Crippen LogP contribution in [-0.2, 0) is 27.9 Å². The van der Waals surface area contributed by atoms with E-state index in [1.165, 1.54) is 4.90 Å². The highest BCUT2D eigenvalue weighted by atomic mass is 35.5. The Morgan fingerprint density at radius 3 is 2.42 bits per heavy atom. The molecule has 8 heteroatoms. The number of unbranched alkanes of at least 4 members (excludes halogenated alkanes) is 1. The van der Waals surface area contributed by atoms with Crippen LogP contribution < -0.4 is 4.74 Å². The van der Waals surface area contributed by atoms with Gasteiger partial charge >= 0.3 is 0 Å². The summed E-state index contributed by atoms with van der Waals surface area (Å²) in [7, 11) is 3.53. The SMILES string of the molecule is CCCCN(Cc1cccn1C)C(=O)CN(CCOC)C(=O)COc1ccc(Cl)cc1. The molecule has 0 bridgehead atoms. The first-order valence-corrected chi connectivity index (χ1v) is 10.9. The van der Waals surface area contributed by atoms with Crippen LogP contribution in [0.15, 0.2) is 42.6 Å². The highest BCUT2D eigenvalue weighted by molar-refractivity contribution is 6.30. The number of halogens is 1. The monoisotopic (exact) mass is 449 g/mol. The zero-order valence-corrected chi connectivity index (χ0v) is 19.3. The highest BCUT2D eigenvalue weighted by Gasteiger charge is 2.22. The molecule has 2 amide bonds. The molecular weight excluding hydrogens is 418 g/mol. The molecule has 0 unspecified atom stereocenters. The summed E-state index contributed by atoms with van der Waals surface area (Å²) in [6, 6.07) is 10.8. The van der Waals surface area contributed by atoms with Gasteiger partial charge in [0.05, 0.1) is 19.7 Å². The summed E-state index contributed by atoms with van der Waals surface area (Å²) < 4.78 is 12.7. The molecule has 1 aromatic heterocycles. The van der Waals surface area contributed by atoms with Gasteiger partial charge in [-0.3, -0.25) is 9.59 Å². The summed E-state index contributed by atoms with van der Waals surface area (Å²) in [6.07, 6.45) is 3.85. The van der Waals surface area contributed by atoms with Gasteiger partial charge in [-0.1, -0.05) is 24.9 Å². The second-order valence-corrected chi connectivity index (χ2v) is 7.77. The summed E-state index contributed by atoms with van der Waals surface area (Å²) in [5, 5.41) is 0.594. The van der Waals surface area contributed by atoms with Crippen molar-refractivity contribution >= 4 is 23.4 Å². The van der Waals surface area contributed by atoms with E-state index in [4.69, 9.17) is 21.1 Å². The fraction of sp³-hybridized carbons (Fsp3) is 0.478.